The third-order valence-electron chi connectivity index (χ3n) is 7.36. The molecule has 5 atom stereocenters. The maximum Gasteiger partial charge on any atom is 0.123 e. The molecule has 2 aliphatic carbocycles. The Hall–Kier alpha value is -1.23. The number of halogens is 1. The number of benzene rings is 1. The minimum atomic E-state index is -0.169. The van der Waals surface area contributed by atoms with E-state index in [2.05, 4.69) is 22.1 Å². The summed E-state index contributed by atoms with van der Waals surface area (Å²) in [4.78, 5) is 0. The summed E-state index contributed by atoms with van der Waals surface area (Å²) in [6, 6.07) is 9.59. The monoisotopic (exact) mass is 414 g/mol. The SMILES string of the molecule is NC(C1CCC2CCCCC2C1)C(Cc1ccsc1)NCCc1ccc(F)cc1. The average molecular weight is 415 g/mol. The first-order valence-electron chi connectivity index (χ1n) is 11.4. The second-order valence-electron chi connectivity index (χ2n) is 9.23. The number of fused-ring (bicyclic) bond motifs is 1. The second kappa shape index (κ2) is 10.2. The Morgan fingerprint density at radius 3 is 2.55 bits per heavy atom. The maximum absolute atomic E-state index is 13.1. The molecule has 4 rings (SSSR count). The lowest BCUT2D eigenvalue weighted by Gasteiger charge is -2.43. The topological polar surface area (TPSA) is 38.0 Å². The molecule has 5 unspecified atom stereocenters. The van der Waals surface area contributed by atoms with Crippen LogP contribution >= 0.6 is 11.3 Å². The summed E-state index contributed by atoms with van der Waals surface area (Å²) in [6.45, 7) is 0.882. The zero-order valence-electron chi connectivity index (χ0n) is 17.4. The standard InChI is InChI=1S/C25H35FN2S/c26-23-9-5-18(6-10-23)11-13-28-24(15-19-12-14-29-17-19)25(27)22-8-7-20-3-1-2-4-21(20)16-22/h5-6,9-10,12,14,17,20-22,24-25,28H,1-4,7-8,11,13,15-16,27H2. The third-order valence-corrected chi connectivity index (χ3v) is 8.09. The van der Waals surface area contributed by atoms with Crippen LogP contribution in [0.1, 0.15) is 56.1 Å². The van der Waals surface area contributed by atoms with Gasteiger partial charge in [0.1, 0.15) is 5.82 Å². The van der Waals surface area contributed by atoms with Crippen LogP contribution in [0.15, 0.2) is 41.1 Å². The van der Waals surface area contributed by atoms with Crippen LogP contribution in [0.2, 0.25) is 0 Å². The molecule has 1 aromatic heterocycles. The molecule has 2 saturated carbocycles. The Balaban J connectivity index is 1.37. The Labute approximate surface area is 179 Å². The molecule has 0 radical (unpaired) electrons. The van der Waals surface area contributed by atoms with Gasteiger partial charge in [-0.15, -0.1) is 0 Å². The van der Waals surface area contributed by atoms with E-state index in [4.69, 9.17) is 5.73 Å². The van der Waals surface area contributed by atoms with Gasteiger partial charge in [-0.25, -0.2) is 4.39 Å². The van der Waals surface area contributed by atoms with Gasteiger partial charge in [0.15, 0.2) is 0 Å². The van der Waals surface area contributed by atoms with Gasteiger partial charge in [0, 0.05) is 12.1 Å². The Bertz CT molecular complexity index is 730. The van der Waals surface area contributed by atoms with Gasteiger partial charge >= 0.3 is 0 Å². The molecular weight excluding hydrogens is 379 g/mol. The number of hydrogen-bond acceptors (Lipinski definition) is 3. The van der Waals surface area contributed by atoms with E-state index >= 15 is 0 Å². The zero-order valence-corrected chi connectivity index (χ0v) is 18.2. The van der Waals surface area contributed by atoms with Gasteiger partial charge in [-0.05, 0) is 96.5 Å². The largest absolute Gasteiger partial charge is 0.326 e. The van der Waals surface area contributed by atoms with Crippen LogP contribution in [0.25, 0.3) is 0 Å². The molecule has 1 heterocycles. The fourth-order valence-electron chi connectivity index (χ4n) is 5.65. The molecule has 29 heavy (non-hydrogen) atoms. The summed E-state index contributed by atoms with van der Waals surface area (Å²) in [7, 11) is 0. The molecule has 1 aromatic carbocycles. The molecule has 3 N–H and O–H groups in total. The third kappa shape index (κ3) is 5.68. The Morgan fingerprint density at radius 1 is 1.00 bits per heavy atom. The first-order valence-corrected chi connectivity index (χ1v) is 12.4. The quantitative estimate of drug-likeness (QED) is 0.593. The summed E-state index contributed by atoms with van der Waals surface area (Å²) in [5, 5.41) is 8.18. The van der Waals surface area contributed by atoms with Gasteiger partial charge in [-0.3, -0.25) is 0 Å². The van der Waals surface area contributed by atoms with Crippen LogP contribution in [0.3, 0.4) is 0 Å². The van der Waals surface area contributed by atoms with Crippen LogP contribution < -0.4 is 11.1 Å². The van der Waals surface area contributed by atoms with E-state index in [1.54, 1.807) is 23.5 Å². The minimum Gasteiger partial charge on any atom is -0.326 e. The van der Waals surface area contributed by atoms with E-state index in [1.165, 1.54) is 56.1 Å². The molecule has 0 aliphatic heterocycles. The van der Waals surface area contributed by atoms with Crippen molar-refractivity contribution < 1.29 is 4.39 Å². The lowest BCUT2D eigenvalue weighted by atomic mass is 9.65. The van der Waals surface area contributed by atoms with Crippen LogP contribution in [-0.4, -0.2) is 18.6 Å². The molecule has 0 saturated heterocycles. The van der Waals surface area contributed by atoms with Crippen LogP contribution in [0.5, 0.6) is 0 Å². The molecular formula is C25H35FN2S. The molecule has 0 spiro atoms. The average Bonchev–Trinajstić information content (AvgIpc) is 3.27. The van der Waals surface area contributed by atoms with Gasteiger partial charge in [0.25, 0.3) is 0 Å². The predicted molar refractivity (Wildman–Crippen MR) is 121 cm³/mol. The normalized spacial score (nSPS) is 26.6. The van der Waals surface area contributed by atoms with Crippen molar-refractivity contribution in [1.29, 1.82) is 0 Å². The van der Waals surface area contributed by atoms with Crippen molar-refractivity contribution in [3.8, 4) is 0 Å². The van der Waals surface area contributed by atoms with E-state index in [0.717, 1.165) is 31.2 Å². The van der Waals surface area contributed by atoms with Gasteiger partial charge in [0.2, 0.25) is 0 Å². The van der Waals surface area contributed by atoms with Crippen molar-refractivity contribution in [1.82, 2.24) is 5.32 Å². The van der Waals surface area contributed by atoms with Gasteiger partial charge < -0.3 is 11.1 Å². The van der Waals surface area contributed by atoms with Gasteiger partial charge in [-0.1, -0.05) is 37.8 Å². The highest BCUT2D eigenvalue weighted by Gasteiger charge is 2.36. The van der Waals surface area contributed by atoms with Crippen molar-refractivity contribution in [2.75, 3.05) is 6.54 Å². The second-order valence-corrected chi connectivity index (χ2v) is 10.0. The van der Waals surface area contributed by atoms with E-state index in [0.29, 0.717) is 12.0 Å². The fraction of sp³-hybridized carbons (Fsp3) is 0.600. The van der Waals surface area contributed by atoms with Crippen molar-refractivity contribution in [3.63, 3.8) is 0 Å². The number of thiophene rings is 1. The smallest absolute Gasteiger partial charge is 0.123 e. The Morgan fingerprint density at radius 2 is 1.79 bits per heavy atom. The van der Waals surface area contributed by atoms with E-state index in [1.807, 2.05) is 12.1 Å². The molecule has 0 bridgehead atoms. The minimum absolute atomic E-state index is 0.169. The molecule has 2 nitrogen and oxygen atoms in total. The lowest BCUT2D eigenvalue weighted by molar-refractivity contribution is 0.108. The number of rotatable bonds is 8. The van der Waals surface area contributed by atoms with Gasteiger partial charge in [-0.2, -0.15) is 11.3 Å². The molecule has 2 aliphatic rings. The molecule has 158 valence electrons. The summed E-state index contributed by atoms with van der Waals surface area (Å²) in [6.07, 6.45) is 11.6. The van der Waals surface area contributed by atoms with E-state index in [9.17, 15) is 4.39 Å². The van der Waals surface area contributed by atoms with Crippen molar-refractivity contribution >= 4 is 11.3 Å². The molecule has 4 heteroatoms. The van der Waals surface area contributed by atoms with Crippen LogP contribution in [0, 0.1) is 23.6 Å². The first-order chi connectivity index (χ1) is 14.2. The Kier molecular flexibility index (Phi) is 7.39. The summed E-state index contributed by atoms with van der Waals surface area (Å²) < 4.78 is 13.1. The summed E-state index contributed by atoms with van der Waals surface area (Å²) >= 11 is 1.76. The molecule has 0 amide bonds. The summed E-state index contributed by atoms with van der Waals surface area (Å²) in [5.74, 6) is 2.34. The van der Waals surface area contributed by atoms with Crippen LogP contribution in [-0.2, 0) is 12.8 Å². The zero-order chi connectivity index (χ0) is 20.1. The van der Waals surface area contributed by atoms with Crippen molar-refractivity contribution in [2.45, 2.75) is 69.9 Å². The fourth-order valence-corrected chi connectivity index (χ4v) is 6.33. The first kappa shape index (κ1) is 21.0. The number of hydrogen-bond donors (Lipinski definition) is 2. The predicted octanol–water partition coefficient (Wildman–Crippen LogP) is 5.56. The summed E-state index contributed by atoms with van der Waals surface area (Å²) in [5.41, 5.74) is 9.48. The highest BCUT2D eigenvalue weighted by Crippen LogP contribution is 2.43. The van der Waals surface area contributed by atoms with Crippen molar-refractivity contribution in [2.24, 2.45) is 23.5 Å². The van der Waals surface area contributed by atoms with Gasteiger partial charge in [0.05, 0.1) is 0 Å². The lowest BCUT2D eigenvalue weighted by Crippen LogP contribution is -2.52. The number of nitrogens with two attached hydrogens (primary N) is 1. The van der Waals surface area contributed by atoms with E-state index < -0.39 is 0 Å². The molecule has 2 aromatic rings. The highest BCUT2D eigenvalue weighted by atomic mass is 32.1. The highest BCUT2D eigenvalue weighted by molar-refractivity contribution is 7.07. The number of nitrogens with one attached hydrogen (secondary N) is 1. The molecule has 2 fully saturated rings. The maximum atomic E-state index is 13.1. The van der Waals surface area contributed by atoms with Crippen LogP contribution in [0.4, 0.5) is 4.39 Å². The van der Waals surface area contributed by atoms with E-state index in [-0.39, 0.29) is 11.9 Å². The van der Waals surface area contributed by atoms with Crippen molar-refractivity contribution in [3.05, 3.63) is 58.0 Å².